The third kappa shape index (κ3) is 5.92. The molecule has 0 aromatic rings. The molecule has 0 unspecified atom stereocenters. The zero-order valence-corrected chi connectivity index (χ0v) is 5.14. The molecule has 0 atom stereocenters. The van der Waals surface area contributed by atoms with E-state index in [1.54, 1.807) is 0 Å². The maximum Gasteiger partial charge on any atom is 0.0424 e. The van der Waals surface area contributed by atoms with Crippen molar-refractivity contribution in [1.29, 1.82) is 0 Å². The number of unbranched alkanes of at least 4 members (excludes halogenated alkanes) is 3. The Morgan fingerprint density at radius 3 is 2.50 bits per heavy atom. The molecule has 0 aliphatic rings. The van der Waals surface area contributed by atoms with Crippen molar-refractivity contribution in [3.05, 3.63) is 6.92 Å². The molecule has 2 radical (unpaired) electrons. The van der Waals surface area contributed by atoms with Crippen LogP contribution >= 0.6 is 0 Å². The van der Waals surface area contributed by atoms with Gasteiger partial charge in [0.2, 0.25) is 0 Å². The second kappa shape index (κ2) is 6.92. The molecular formula is C6H13NO. The van der Waals surface area contributed by atoms with Gasteiger partial charge in [-0.15, -0.1) is 5.48 Å². The van der Waals surface area contributed by atoms with E-state index >= 15 is 0 Å². The van der Waals surface area contributed by atoms with Gasteiger partial charge in [0, 0.05) is 6.54 Å². The molecule has 0 fully saturated rings. The van der Waals surface area contributed by atoms with Crippen molar-refractivity contribution in [3.63, 3.8) is 0 Å². The number of nitrogens with zero attached hydrogens (tertiary/aromatic N) is 1. The van der Waals surface area contributed by atoms with Crippen molar-refractivity contribution >= 4 is 0 Å². The van der Waals surface area contributed by atoms with Crippen LogP contribution in [0.5, 0.6) is 0 Å². The molecule has 0 aromatic carbocycles. The molecule has 0 aliphatic heterocycles. The molecule has 0 saturated carbocycles. The van der Waals surface area contributed by atoms with Crippen LogP contribution in [0.25, 0.3) is 0 Å². The lowest BCUT2D eigenvalue weighted by atomic mass is 10.2. The van der Waals surface area contributed by atoms with Crippen LogP contribution in [0.1, 0.15) is 25.7 Å². The highest BCUT2D eigenvalue weighted by atomic mass is 16.5. The van der Waals surface area contributed by atoms with Crippen LogP contribution in [0.15, 0.2) is 0 Å². The van der Waals surface area contributed by atoms with Crippen LogP contribution in [0, 0.1) is 6.92 Å². The molecule has 0 aliphatic carbocycles. The molecular weight excluding hydrogens is 102 g/mol. The second-order valence-electron chi connectivity index (χ2n) is 1.78. The van der Waals surface area contributed by atoms with Crippen molar-refractivity contribution in [2.75, 3.05) is 6.54 Å². The van der Waals surface area contributed by atoms with E-state index in [0.717, 1.165) is 25.7 Å². The molecule has 2 heteroatoms. The summed E-state index contributed by atoms with van der Waals surface area (Å²) in [6, 6.07) is 0. The van der Waals surface area contributed by atoms with Crippen molar-refractivity contribution in [1.82, 2.24) is 5.48 Å². The first-order valence-electron chi connectivity index (χ1n) is 3.02. The highest BCUT2D eigenvalue weighted by Gasteiger charge is 1.84. The first-order valence-corrected chi connectivity index (χ1v) is 3.02. The fraction of sp³-hybridized carbons (Fsp3) is 0.833. The van der Waals surface area contributed by atoms with Crippen LogP contribution < -0.4 is 5.48 Å². The van der Waals surface area contributed by atoms with E-state index in [0.29, 0.717) is 6.54 Å². The molecule has 0 saturated heterocycles. The molecule has 1 N–H and O–H groups in total. The van der Waals surface area contributed by atoms with Crippen LogP contribution in [0.4, 0.5) is 0 Å². The first kappa shape index (κ1) is 7.92. The quantitative estimate of drug-likeness (QED) is 0.426. The van der Waals surface area contributed by atoms with Gasteiger partial charge in [0.05, 0.1) is 0 Å². The van der Waals surface area contributed by atoms with E-state index in [4.69, 9.17) is 5.21 Å². The number of hydrogen-bond acceptors (Lipinski definition) is 1. The summed E-state index contributed by atoms with van der Waals surface area (Å²) in [5.41, 5.74) is 2.99. The Bertz CT molecular complexity index is 33.5. The molecule has 48 valence electrons. The minimum absolute atomic E-state index is 0.583. The third-order valence-corrected chi connectivity index (χ3v) is 1.01. The Kier molecular flexibility index (Phi) is 6.85. The number of hydroxylamine groups is 1. The van der Waals surface area contributed by atoms with Gasteiger partial charge >= 0.3 is 0 Å². The van der Waals surface area contributed by atoms with Crippen molar-refractivity contribution < 1.29 is 5.21 Å². The normalized spacial score (nSPS) is 9.75. The Balaban J connectivity index is 2.53. The van der Waals surface area contributed by atoms with Crippen molar-refractivity contribution in [2.24, 2.45) is 0 Å². The predicted molar refractivity (Wildman–Crippen MR) is 32.6 cm³/mol. The highest BCUT2D eigenvalue weighted by molar-refractivity contribution is 4.43. The van der Waals surface area contributed by atoms with Crippen LogP contribution in [-0.2, 0) is 0 Å². The van der Waals surface area contributed by atoms with E-state index < -0.39 is 0 Å². The lowest BCUT2D eigenvalue weighted by molar-refractivity contribution is 0.154. The zero-order valence-electron chi connectivity index (χ0n) is 5.14. The van der Waals surface area contributed by atoms with Crippen LogP contribution in [-0.4, -0.2) is 11.8 Å². The average Bonchev–Trinajstić information content (AvgIpc) is 1.81. The van der Waals surface area contributed by atoms with Gasteiger partial charge in [0.25, 0.3) is 0 Å². The van der Waals surface area contributed by atoms with E-state index in [2.05, 4.69) is 12.4 Å². The topological polar surface area (TPSA) is 34.3 Å². The largest absolute Gasteiger partial charge is 0.297 e. The highest BCUT2D eigenvalue weighted by Crippen LogP contribution is 1.96. The van der Waals surface area contributed by atoms with Gasteiger partial charge in [-0.25, -0.2) is 0 Å². The average molecular weight is 115 g/mol. The fourth-order valence-electron chi connectivity index (χ4n) is 0.536. The van der Waals surface area contributed by atoms with Gasteiger partial charge in [0.15, 0.2) is 0 Å². The SMILES string of the molecule is [CH2]CCCCC[N]O. The standard InChI is InChI=1S/C6H13NO/c1-2-3-4-5-6-7-8/h8H,1-6H2. The maximum atomic E-state index is 7.97. The molecule has 0 spiro atoms. The first-order chi connectivity index (χ1) is 3.91. The zero-order chi connectivity index (χ0) is 6.24. The summed E-state index contributed by atoms with van der Waals surface area (Å²) >= 11 is 0. The Morgan fingerprint density at radius 2 is 2.00 bits per heavy atom. The minimum atomic E-state index is 0.583. The van der Waals surface area contributed by atoms with Crippen LogP contribution in [0.2, 0.25) is 0 Å². The summed E-state index contributed by atoms with van der Waals surface area (Å²) in [7, 11) is 0. The molecule has 0 rings (SSSR count). The Hall–Kier alpha value is -0.0800. The lowest BCUT2D eigenvalue weighted by Crippen LogP contribution is -1.98. The fourth-order valence-corrected chi connectivity index (χ4v) is 0.536. The van der Waals surface area contributed by atoms with Gasteiger partial charge in [-0.1, -0.05) is 26.2 Å². The lowest BCUT2D eigenvalue weighted by Gasteiger charge is -1.93. The van der Waals surface area contributed by atoms with Gasteiger partial charge in [-0.05, 0) is 6.42 Å². The van der Waals surface area contributed by atoms with Gasteiger partial charge in [0.1, 0.15) is 0 Å². The van der Waals surface area contributed by atoms with Crippen molar-refractivity contribution in [2.45, 2.75) is 25.7 Å². The summed E-state index contributed by atoms with van der Waals surface area (Å²) in [6.45, 7) is 4.27. The maximum absolute atomic E-state index is 7.97. The van der Waals surface area contributed by atoms with E-state index in [1.165, 1.54) is 0 Å². The summed E-state index contributed by atoms with van der Waals surface area (Å²) in [6.07, 6.45) is 4.26. The van der Waals surface area contributed by atoms with Gasteiger partial charge in [-0.2, -0.15) is 0 Å². The summed E-state index contributed by atoms with van der Waals surface area (Å²) in [5, 5.41) is 7.97. The van der Waals surface area contributed by atoms with Gasteiger partial charge < -0.3 is 0 Å². The van der Waals surface area contributed by atoms with E-state index in [9.17, 15) is 0 Å². The molecule has 8 heavy (non-hydrogen) atoms. The minimum Gasteiger partial charge on any atom is -0.297 e. The van der Waals surface area contributed by atoms with E-state index in [-0.39, 0.29) is 0 Å². The smallest absolute Gasteiger partial charge is 0.0424 e. The third-order valence-electron chi connectivity index (χ3n) is 1.01. The summed E-state index contributed by atoms with van der Waals surface area (Å²) in [4.78, 5) is 0. The predicted octanol–water partition coefficient (Wildman–Crippen LogP) is 1.37. The Labute approximate surface area is 50.9 Å². The number of rotatable bonds is 5. The van der Waals surface area contributed by atoms with Crippen LogP contribution in [0.3, 0.4) is 0 Å². The Morgan fingerprint density at radius 1 is 1.25 bits per heavy atom. The molecule has 2 nitrogen and oxygen atoms in total. The monoisotopic (exact) mass is 115 g/mol. The van der Waals surface area contributed by atoms with E-state index in [1.807, 2.05) is 0 Å². The molecule has 0 aromatic heterocycles. The molecule has 0 amide bonds. The van der Waals surface area contributed by atoms with Crippen molar-refractivity contribution in [3.8, 4) is 0 Å². The summed E-state index contributed by atoms with van der Waals surface area (Å²) in [5.74, 6) is 0. The molecule has 0 bridgehead atoms. The molecule has 0 heterocycles. The van der Waals surface area contributed by atoms with Gasteiger partial charge in [-0.3, -0.25) is 5.21 Å². The number of hydrogen-bond donors (Lipinski definition) is 1. The second-order valence-corrected chi connectivity index (χ2v) is 1.78. The summed E-state index contributed by atoms with van der Waals surface area (Å²) < 4.78 is 0.